The normalized spacial score (nSPS) is 11.1. The lowest BCUT2D eigenvalue weighted by Crippen LogP contribution is -2.05. The highest BCUT2D eigenvalue weighted by Crippen LogP contribution is 2.41. The number of nitrogens with zero attached hydrogens (tertiary/aromatic N) is 7. The molecule has 478 valence electrons. The summed E-state index contributed by atoms with van der Waals surface area (Å²) in [6, 6.07) is 91.6. The van der Waals surface area contributed by atoms with Gasteiger partial charge in [-0.15, -0.1) is 0 Å². The van der Waals surface area contributed by atoms with Gasteiger partial charge in [0.05, 0.1) is 72.9 Å². The molecule has 0 atom stereocenters. The van der Waals surface area contributed by atoms with Gasteiger partial charge in [-0.05, 0) is 137 Å². The van der Waals surface area contributed by atoms with Gasteiger partial charge >= 0.3 is 23.9 Å². The molecule has 0 unspecified atom stereocenters. The van der Waals surface area contributed by atoms with Gasteiger partial charge in [0.1, 0.15) is 32.5 Å². The fourth-order valence-corrected chi connectivity index (χ4v) is 12.5. The second kappa shape index (κ2) is 27.4. The number of fused-ring (bicyclic) bond motifs is 6. The highest BCUT2D eigenvalue weighted by atomic mass is 16.5. The molecule has 15 nitrogen and oxygen atoms in total. The quantitative estimate of drug-likeness (QED) is 0.0581. The van der Waals surface area contributed by atoms with Gasteiger partial charge in [-0.2, -0.15) is 10.5 Å². The molecule has 0 aliphatic heterocycles. The molecule has 0 N–H and O–H groups in total. The Balaban J connectivity index is 0.880. The van der Waals surface area contributed by atoms with Crippen molar-refractivity contribution < 1.29 is 38.1 Å². The van der Waals surface area contributed by atoms with Crippen molar-refractivity contribution in [2.24, 2.45) is 0 Å². The zero-order valence-electron chi connectivity index (χ0n) is 53.4. The van der Waals surface area contributed by atoms with Crippen LogP contribution >= 0.6 is 0 Å². The van der Waals surface area contributed by atoms with E-state index in [0.717, 1.165) is 33.4 Å². The number of ether oxygens (including phenoxy) is 4. The third kappa shape index (κ3) is 12.7. The molecular weight excluding hydrogens is 1250 g/mol. The number of esters is 4. The van der Waals surface area contributed by atoms with Crippen LogP contribution in [0.2, 0.25) is 0 Å². The molecule has 0 saturated carbocycles. The van der Waals surface area contributed by atoms with Crippen molar-refractivity contribution in [3.8, 4) is 68.8 Å². The van der Waals surface area contributed by atoms with Crippen LogP contribution < -0.4 is 0 Å². The van der Waals surface area contributed by atoms with Crippen LogP contribution in [-0.4, -0.2) is 48.0 Å². The predicted octanol–water partition coefficient (Wildman–Crippen LogP) is 17.9. The second-order valence-corrected chi connectivity index (χ2v) is 23.8. The third-order valence-corrected chi connectivity index (χ3v) is 17.4. The first-order chi connectivity index (χ1) is 49.1. The van der Waals surface area contributed by atoms with E-state index in [0.29, 0.717) is 99.8 Å². The van der Waals surface area contributed by atoms with Crippen molar-refractivity contribution in [3.63, 3.8) is 0 Å². The average Bonchev–Trinajstić information content (AvgIpc) is 1.58. The molecule has 12 aromatic carbocycles. The third-order valence-electron chi connectivity index (χ3n) is 17.4. The molecule has 0 fully saturated rings. The first-order valence-electron chi connectivity index (χ1n) is 32.1. The van der Waals surface area contributed by atoms with Gasteiger partial charge in [0.15, 0.2) is 17.5 Å². The van der Waals surface area contributed by atoms with Crippen molar-refractivity contribution in [3.05, 3.63) is 341 Å². The van der Waals surface area contributed by atoms with E-state index in [1.165, 1.54) is 0 Å². The van der Waals surface area contributed by atoms with Crippen LogP contribution in [-0.2, 0) is 45.4 Å². The van der Waals surface area contributed by atoms with Crippen LogP contribution in [0.5, 0.6) is 0 Å². The molecule has 0 radical (unpaired) electrons. The fourth-order valence-electron chi connectivity index (χ4n) is 12.5. The Bertz CT molecular complexity index is 5560. The summed E-state index contributed by atoms with van der Waals surface area (Å²) < 4.78 is 27.4. The standard InChI is InChI=1S/C85H55N7O8/c86-48-58-25-16-28-60(41-58)68-36-31-62(47-78(68)92-75-39-34-65(84(95)99-52-56-21-10-3-11-22-56)44-71(75)72-45-66(35-40-76(72)92)85(96)100-53-57-23-12-4-13-24-57)81-89-79(59-26-14-5-15-27-59)88-80(90-81)61-29-30-67(49-87)77(46-61)91-73-37-32-63(82(93)97-50-54-17-6-1-7-18-54)42-69(73)70-43-64(33-38-74(70)91)83(94)98-51-55-19-8-2-9-20-55/h1-47H,50-53H2. The molecular formula is C85H55N7O8. The van der Waals surface area contributed by atoms with E-state index in [-0.39, 0.29) is 49.2 Å². The Morgan fingerprint density at radius 2 is 0.650 bits per heavy atom. The van der Waals surface area contributed by atoms with Crippen molar-refractivity contribution >= 4 is 67.5 Å². The molecule has 0 spiro atoms. The van der Waals surface area contributed by atoms with Crippen LogP contribution in [0.25, 0.3) is 100 Å². The monoisotopic (exact) mass is 1300 g/mol. The number of carbonyl (C=O) groups excluding carboxylic acids is 4. The Labute approximate surface area is 573 Å². The zero-order chi connectivity index (χ0) is 68.1. The lowest BCUT2D eigenvalue weighted by Gasteiger charge is -2.17. The van der Waals surface area contributed by atoms with Crippen LogP contribution in [0.3, 0.4) is 0 Å². The number of hydrogen-bond donors (Lipinski definition) is 0. The van der Waals surface area contributed by atoms with Crippen molar-refractivity contribution in [1.29, 1.82) is 10.5 Å². The Hall–Kier alpha value is -13.9. The Morgan fingerprint density at radius 1 is 0.310 bits per heavy atom. The second-order valence-electron chi connectivity index (χ2n) is 23.8. The van der Waals surface area contributed by atoms with Crippen molar-refractivity contribution in [1.82, 2.24) is 24.1 Å². The molecule has 15 aromatic rings. The average molecular weight is 1300 g/mol. The summed E-state index contributed by atoms with van der Waals surface area (Å²) in [5.41, 5.74) is 12.1. The van der Waals surface area contributed by atoms with Crippen LogP contribution in [0, 0.1) is 22.7 Å². The molecule has 0 aliphatic rings. The van der Waals surface area contributed by atoms with Crippen molar-refractivity contribution in [2.75, 3.05) is 0 Å². The molecule has 3 aromatic heterocycles. The minimum atomic E-state index is -0.547. The fraction of sp³-hybridized carbons (Fsp3) is 0.0471. The minimum Gasteiger partial charge on any atom is -0.457 e. The molecule has 15 heteroatoms. The number of carbonyl (C=O) groups is 4. The van der Waals surface area contributed by atoms with Crippen LogP contribution in [0.15, 0.2) is 285 Å². The van der Waals surface area contributed by atoms with Gasteiger partial charge < -0.3 is 28.1 Å². The summed E-state index contributed by atoms with van der Waals surface area (Å²) in [6.45, 7) is 0.230. The van der Waals surface area contributed by atoms with Gasteiger partial charge in [-0.3, -0.25) is 0 Å². The van der Waals surface area contributed by atoms with Gasteiger partial charge in [0, 0.05) is 43.8 Å². The Kier molecular flexibility index (Phi) is 17.1. The summed E-state index contributed by atoms with van der Waals surface area (Å²) in [4.78, 5) is 71.5. The summed E-state index contributed by atoms with van der Waals surface area (Å²) >= 11 is 0. The first kappa shape index (κ1) is 62.2. The van der Waals surface area contributed by atoms with E-state index in [4.69, 9.17) is 33.9 Å². The maximum atomic E-state index is 14.0. The molecule has 3 heterocycles. The number of benzene rings is 12. The summed E-state index contributed by atoms with van der Waals surface area (Å²) in [5.74, 6) is -1.26. The van der Waals surface area contributed by atoms with E-state index in [1.54, 1.807) is 78.9 Å². The lowest BCUT2D eigenvalue weighted by atomic mass is 9.99. The van der Waals surface area contributed by atoms with Crippen LogP contribution in [0.1, 0.15) is 74.8 Å². The maximum Gasteiger partial charge on any atom is 0.338 e. The van der Waals surface area contributed by atoms with Crippen molar-refractivity contribution in [2.45, 2.75) is 26.4 Å². The van der Waals surface area contributed by atoms with Gasteiger partial charge in [-0.25, -0.2) is 34.1 Å². The van der Waals surface area contributed by atoms with Crippen LogP contribution in [0.4, 0.5) is 0 Å². The molecule has 0 aliphatic carbocycles. The van der Waals surface area contributed by atoms with E-state index in [2.05, 4.69) is 16.7 Å². The maximum absolute atomic E-state index is 14.0. The number of aromatic nitrogens is 5. The minimum absolute atomic E-state index is 0.0568. The SMILES string of the molecule is N#Cc1cccc(-c2ccc(-c3nc(-c4ccccc4)nc(-c4ccc(C#N)c(-n5c6ccc(C(=O)OCc7ccccc7)cc6c6cc(C(=O)OCc7ccccc7)ccc65)c4)n3)cc2-n2c3ccc(C(=O)OCc4ccccc4)cc3c3cc(C(=O)OCc4ccccc4)ccc32)c1. The zero-order valence-corrected chi connectivity index (χ0v) is 53.4. The summed E-state index contributed by atoms with van der Waals surface area (Å²) in [7, 11) is 0. The molecule has 100 heavy (non-hydrogen) atoms. The molecule has 0 saturated heterocycles. The van der Waals surface area contributed by atoms with E-state index >= 15 is 0 Å². The smallest absolute Gasteiger partial charge is 0.338 e. The summed E-state index contributed by atoms with van der Waals surface area (Å²) in [6.07, 6.45) is 0. The number of hydrogen-bond acceptors (Lipinski definition) is 13. The molecule has 0 amide bonds. The first-order valence-corrected chi connectivity index (χ1v) is 32.1. The van der Waals surface area contributed by atoms with Gasteiger partial charge in [0.25, 0.3) is 0 Å². The lowest BCUT2D eigenvalue weighted by molar-refractivity contribution is 0.0464. The van der Waals surface area contributed by atoms with Gasteiger partial charge in [0.2, 0.25) is 0 Å². The highest BCUT2D eigenvalue weighted by molar-refractivity contribution is 6.15. The summed E-state index contributed by atoms with van der Waals surface area (Å²) in [5, 5.41) is 23.8. The van der Waals surface area contributed by atoms with E-state index in [9.17, 15) is 29.7 Å². The topological polar surface area (TPSA) is 201 Å². The van der Waals surface area contributed by atoms with Gasteiger partial charge in [-0.1, -0.05) is 176 Å². The Morgan fingerprint density at radius 3 is 1.03 bits per heavy atom. The largest absolute Gasteiger partial charge is 0.457 e. The number of nitriles is 2. The highest BCUT2D eigenvalue weighted by Gasteiger charge is 2.25. The predicted molar refractivity (Wildman–Crippen MR) is 382 cm³/mol. The van der Waals surface area contributed by atoms with E-state index in [1.807, 2.05) is 211 Å². The van der Waals surface area contributed by atoms with E-state index < -0.39 is 23.9 Å². The molecule has 15 rings (SSSR count). The number of rotatable bonds is 18. The molecule has 0 bridgehead atoms.